The number of nitro benzene ring substituents is 1. The number of hydrogen-bond donors (Lipinski definition) is 2. The van der Waals surface area contributed by atoms with Crippen LogP contribution in [0.3, 0.4) is 0 Å². The van der Waals surface area contributed by atoms with Crippen LogP contribution in [0, 0.1) is 27.4 Å². The van der Waals surface area contributed by atoms with Gasteiger partial charge in [0, 0.05) is 35.4 Å². The van der Waals surface area contributed by atoms with Gasteiger partial charge in [0.1, 0.15) is 35.6 Å². The van der Waals surface area contributed by atoms with E-state index in [1.807, 2.05) is 13.8 Å². The van der Waals surface area contributed by atoms with E-state index >= 15 is 0 Å². The number of ether oxygens (including phenoxy) is 4. The van der Waals surface area contributed by atoms with E-state index in [-0.39, 0.29) is 53.8 Å². The van der Waals surface area contributed by atoms with Gasteiger partial charge in [-0.2, -0.15) is 0 Å². The number of carbonyl (C=O) groups is 1. The van der Waals surface area contributed by atoms with E-state index in [2.05, 4.69) is 12.2 Å². The zero-order valence-corrected chi connectivity index (χ0v) is 21.0. The zero-order valence-electron chi connectivity index (χ0n) is 21.0. The van der Waals surface area contributed by atoms with Crippen molar-refractivity contribution in [2.24, 2.45) is 17.3 Å². The second kappa shape index (κ2) is 6.36. The molecule has 0 radical (unpaired) electrons. The van der Waals surface area contributed by atoms with Gasteiger partial charge in [0.05, 0.1) is 11.0 Å². The SMILES string of the molecule is CC(C)[C@]12O[C@H]1[C@@H]1O[C@]13[C@]1(O[C@H]1C[C@H]1C4=C(CC[C@@]13C)C(=O)OC4)[C@]2(O)CNc1cccc([N+](=O)[O-])c1. The first-order chi connectivity index (χ1) is 17.6. The highest BCUT2D eigenvalue weighted by Gasteiger charge is 3.04. The van der Waals surface area contributed by atoms with E-state index in [1.54, 1.807) is 12.1 Å². The number of rotatable bonds is 5. The fourth-order valence-corrected chi connectivity index (χ4v) is 9.31. The summed E-state index contributed by atoms with van der Waals surface area (Å²) in [6.07, 6.45) is 1.34. The summed E-state index contributed by atoms with van der Waals surface area (Å²) < 4.78 is 25.2. The molecule has 8 rings (SSSR count). The number of esters is 1. The van der Waals surface area contributed by atoms with Crippen molar-refractivity contribution in [1.82, 2.24) is 0 Å². The predicted molar refractivity (Wildman–Crippen MR) is 128 cm³/mol. The van der Waals surface area contributed by atoms with Crippen LogP contribution < -0.4 is 5.32 Å². The molecule has 4 heterocycles. The van der Waals surface area contributed by atoms with Crippen molar-refractivity contribution in [3.8, 4) is 0 Å². The number of hydrogen-bond acceptors (Lipinski definition) is 9. The van der Waals surface area contributed by atoms with Gasteiger partial charge in [0.25, 0.3) is 5.69 Å². The Hall–Kier alpha value is -2.53. The van der Waals surface area contributed by atoms with Gasteiger partial charge in [-0.15, -0.1) is 0 Å². The summed E-state index contributed by atoms with van der Waals surface area (Å²) in [6, 6.07) is 6.30. The first kappa shape index (κ1) is 22.5. The molecule has 0 bridgehead atoms. The lowest BCUT2D eigenvalue weighted by molar-refractivity contribution is -0.384. The van der Waals surface area contributed by atoms with Crippen molar-refractivity contribution in [2.45, 2.75) is 80.7 Å². The summed E-state index contributed by atoms with van der Waals surface area (Å²) in [5.74, 6) is -0.141. The van der Waals surface area contributed by atoms with Gasteiger partial charge >= 0.3 is 5.97 Å². The number of aliphatic hydroxyl groups is 1. The first-order valence-corrected chi connectivity index (χ1v) is 13.2. The number of nitro groups is 1. The Kier molecular flexibility index (Phi) is 3.86. The van der Waals surface area contributed by atoms with Crippen LogP contribution in [0.25, 0.3) is 0 Å². The quantitative estimate of drug-likeness (QED) is 0.265. The maximum Gasteiger partial charge on any atom is 0.334 e. The Balaban J connectivity index is 1.22. The molecule has 10 heteroatoms. The highest BCUT2D eigenvalue weighted by atomic mass is 16.8. The van der Waals surface area contributed by atoms with Crippen LogP contribution in [0.1, 0.15) is 40.0 Å². The fraction of sp³-hybridized carbons (Fsp3) is 0.667. The smallest absolute Gasteiger partial charge is 0.334 e. The Morgan fingerprint density at radius 3 is 2.78 bits per heavy atom. The second-order valence-electron chi connectivity index (χ2n) is 12.4. The lowest BCUT2D eigenvalue weighted by Crippen LogP contribution is -2.77. The topological polar surface area (TPSA) is 139 Å². The minimum absolute atomic E-state index is 0.0112. The molecule has 4 aliphatic heterocycles. The number of epoxide rings is 3. The average molecular weight is 511 g/mol. The third-order valence-corrected chi connectivity index (χ3v) is 11.0. The van der Waals surface area contributed by atoms with E-state index in [0.717, 1.165) is 17.6 Å². The standard InChI is InChI=1S/C27H30N2O8/c1-13(2)25-20(36-25)21-27(37-21)23(3)8-7-16-17(11-34-22(16)30)18(23)10-19-26(27,35-19)24(25,31)12-28-14-5-4-6-15(9-14)29(32)33/h4-6,9,13,18-21,28,31H,7-8,10-12H2,1-3H3/t18-,19-,20-,21-,23-,24-,25-,26+,27+/m0/s1. The van der Waals surface area contributed by atoms with Crippen molar-refractivity contribution >= 4 is 17.3 Å². The molecule has 2 spiro atoms. The molecule has 3 saturated heterocycles. The average Bonchev–Trinajstić information content (AvgIpc) is 3.76. The van der Waals surface area contributed by atoms with Crippen molar-refractivity contribution in [1.29, 1.82) is 0 Å². The Morgan fingerprint density at radius 2 is 2.03 bits per heavy atom. The summed E-state index contributed by atoms with van der Waals surface area (Å²) >= 11 is 0. The number of non-ortho nitro benzene ring substituents is 1. The van der Waals surface area contributed by atoms with Crippen LogP contribution in [0.2, 0.25) is 0 Å². The number of fused-ring (bicyclic) bond motifs is 4. The van der Waals surface area contributed by atoms with E-state index in [1.165, 1.54) is 12.1 Å². The highest BCUT2D eigenvalue weighted by molar-refractivity contribution is 5.92. The van der Waals surface area contributed by atoms with Crippen molar-refractivity contribution in [3.63, 3.8) is 0 Å². The van der Waals surface area contributed by atoms with Crippen LogP contribution in [0.15, 0.2) is 35.4 Å². The molecule has 37 heavy (non-hydrogen) atoms. The molecule has 0 aromatic heterocycles. The zero-order chi connectivity index (χ0) is 25.8. The van der Waals surface area contributed by atoms with Gasteiger partial charge in [-0.3, -0.25) is 10.1 Å². The monoisotopic (exact) mass is 510 g/mol. The number of cyclic esters (lactones) is 1. The van der Waals surface area contributed by atoms with Crippen molar-refractivity contribution < 1.29 is 33.8 Å². The van der Waals surface area contributed by atoms with E-state index in [9.17, 15) is 20.0 Å². The van der Waals surface area contributed by atoms with E-state index in [0.29, 0.717) is 25.1 Å². The summed E-state index contributed by atoms with van der Waals surface area (Å²) in [7, 11) is 0. The van der Waals surface area contributed by atoms with Gasteiger partial charge in [-0.1, -0.05) is 26.8 Å². The van der Waals surface area contributed by atoms with Crippen LogP contribution in [-0.4, -0.2) is 69.9 Å². The summed E-state index contributed by atoms with van der Waals surface area (Å²) in [5.41, 5.74) is -1.95. The molecule has 1 aromatic carbocycles. The Bertz CT molecular complexity index is 1330. The largest absolute Gasteiger partial charge is 0.458 e. The molecule has 3 aliphatic carbocycles. The van der Waals surface area contributed by atoms with Gasteiger partial charge in [0.15, 0.2) is 5.60 Å². The van der Waals surface area contributed by atoms with Gasteiger partial charge in [-0.05, 0) is 42.7 Å². The minimum atomic E-state index is -1.44. The number of nitrogens with zero attached hydrogens (tertiary/aromatic N) is 1. The Labute approximate surface area is 213 Å². The summed E-state index contributed by atoms with van der Waals surface area (Å²) in [5, 5.41) is 27.5. The minimum Gasteiger partial charge on any atom is -0.458 e. The van der Waals surface area contributed by atoms with Crippen LogP contribution in [0.4, 0.5) is 11.4 Å². The molecule has 10 nitrogen and oxygen atoms in total. The molecule has 7 aliphatic rings. The van der Waals surface area contributed by atoms with Gasteiger partial charge in [0.2, 0.25) is 0 Å². The lowest BCUT2D eigenvalue weighted by atomic mass is 9.44. The molecule has 2 N–H and O–H groups in total. The molecule has 1 aromatic rings. The first-order valence-electron chi connectivity index (χ1n) is 13.2. The summed E-state index contributed by atoms with van der Waals surface area (Å²) in [4.78, 5) is 23.3. The second-order valence-corrected chi connectivity index (χ2v) is 12.4. The number of anilines is 1. The molecule has 5 fully saturated rings. The molecule has 196 valence electrons. The van der Waals surface area contributed by atoms with Gasteiger partial charge in [-0.25, -0.2) is 4.79 Å². The molecule has 9 atom stereocenters. The fourth-order valence-electron chi connectivity index (χ4n) is 9.31. The van der Waals surface area contributed by atoms with E-state index in [4.69, 9.17) is 18.9 Å². The van der Waals surface area contributed by atoms with Crippen LogP contribution in [-0.2, 0) is 23.7 Å². The lowest BCUT2D eigenvalue weighted by Gasteiger charge is -2.56. The molecule has 0 amide bonds. The Morgan fingerprint density at radius 1 is 1.22 bits per heavy atom. The third kappa shape index (κ3) is 2.17. The summed E-state index contributed by atoms with van der Waals surface area (Å²) in [6.45, 7) is 6.75. The number of benzene rings is 1. The molecular formula is C27H30N2O8. The van der Waals surface area contributed by atoms with Crippen molar-refractivity contribution in [3.05, 3.63) is 45.5 Å². The maximum atomic E-state index is 12.8. The molecule has 0 unspecified atom stereocenters. The molecular weight excluding hydrogens is 480 g/mol. The maximum absolute atomic E-state index is 12.8. The third-order valence-electron chi connectivity index (χ3n) is 11.0. The van der Waals surface area contributed by atoms with Crippen LogP contribution in [0.5, 0.6) is 0 Å². The number of nitrogens with one attached hydrogen (secondary N) is 1. The normalized spacial score (nSPS) is 49.6. The number of carbonyl (C=O) groups excluding carboxylic acids is 1. The van der Waals surface area contributed by atoms with Crippen molar-refractivity contribution in [2.75, 3.05) is 18.5 Å². The van der Waals surface area contributed by atoms with Crippen LogP contribution >= 0.6 is 0 Å². The highest BCUT2D eigenvalue weighted by Crippen LogP contribution is 2.85. The van der Waals surface area contributed by atoms with E-state index < -0.39 is 27.3 Å². The predicted octanol–water partition coefficient (Wildman–Crippen LogP) is 2.49. The van der Waals surface area contributed by atoms with Gasteiger partial charge < -0.3 is 29.4 Å². The molecule has 2 saturated carbocycles.